The molecule has 2 fully saturated rings. The summed E-state index contributed by atoms with van der Waals surface area (Å²) in [5, 5.41) is 0. The summed E-state index contributed by atoms with van der Waals surface area (Å²) in [6.07, 6.45) is 1.97. The van der Waals surface area contributed by atoms with Gasteiger partial charge in [-0.25, -0.2) is 8.42 Å². The number of carbonyl (C=O) groups is 2. The quantitative estimate of drug-likeness (QED) is 0.801. The fraction of sp³-hybridized carbons (Fsp3) is 0.700. The van der Waals surface area contributed by atoms with Crippen LogP contribution in [0.3, 0.4) is 0 Å². The van der Waals surface area contributed by atoms with Gasteiger partial charge in [0.05, 0.1) is 11.5 Å². The van der Waals surface area contributed by atoms with Crippen LogP contribution < -0.4 is 0 Å². The number of piperazine rings is 1. The molecular weight excluding hydrogens is 378 g/mol. The van der Waals surface area contributed by atoms with Gasteiger partial charge in [-0.05, 0) is 30.7 Å². The zero-order chi connectivity index (χ0) is 20.3. The maximum absolute atomic E-state index is 13.1. The number of fused-ring (bicyclic) bond motifs is 1. The van der Waals surface area contributed by atoms with Crippen molar-refractivity contribution >= 4 is 21.5 Å². The van der Waals surface area contributed by atoms with Crippen LogP contribution in [0, 0.1) is 12.3 Å². The van der Waals surface area contributed by atoms with E-state index in [0.29, 0.717) is 50.3 Å². The molecule has 2 saturated heterocycles. The Morgan fingerprint density at radius 2 is 1.82 bits per heavy atom. The van der Waals surface area contributed by atoms with E-state index < -0.39 is 9.84 Å². The summed E-state index contributed by atoms with van der Waals surface area (Å²) in [5.41, 5.74) is 2.81. The Morgan fingerprint density at radius 1 is 1.14 bits per heavy atom. The maximum atomic E-state index is 13.1. The summed E-state index contributed by atoms with van der Waals surface area (Å²) >= 11 is 0. The van der Waals surface area contributed by atoms with Crippen LogP contribution in [-0.4, -0.2) is 78.6 Å². The van der Waals surface area contributed by atoms with Gasteiger partial charge < -0.3 is 9.88 Å². The molecule has 2 aliphatic heterocycles. The molecule has 0 unspecified atom stereocenters. The zero-order valence-corrected chi connectivity index (χ0v) is 17.7. The number of carbonyl (C=O) groups excluding carboxylic acids is 2. The van der Waals surface area contributed by atoms with Crippen LogP contribution in [-0.2, 0) is 16.3 Å². The molecule has 1 amide bonds. The molecule has 8 heteroatoms. The molecule has 0 radical (unpaired) electrons. The molecule has 1 N–H and O–H groups in total. The lowest BCUT2D eigenvalue weighted by Gasteiger charge is -2.37. The molecule has 0 saturated carbocycles. The van der Waals surface area contributed by atoms with Crippen molar-refractivity contribution in [1.29, 1.82) is 0 Å². The molecule has 1 aromatic heterocycles. The van der Waals surface area contributed by atoms with E-state index in [1.807, 2.05) is 11.8 Å². The van der Waals surface area contributed by atoms with Crippen LogP contribution in [0.2, 0.25) is 0 Å². The molecule has 1 aromatic rings. The minimum Gasteiger partial charge on any atom is -0.354 e. The molecule has 1 aliphatic carbocycles. The second-order valence-corrected chi connectivity index (χ2v) is 11.5. The van der Waals surface area contributed by atoms with Gasteiger partial charge in [0.2, 0.25) is 0 Å². The highest BCUT2D eigenvalue weighted by Crippen LogP contribution is 2.37. The Morgan fingerprint density at radius 3 is 2.43 bits per heavy atom. The lowest BCUT2D eigenvalue weighted by atomic mass is 9.75. The average Bonchev–Trinajstić information content (AvgIpc) is 3.13. The van der Waals surface area contributed by atoms with Gasteiger partial charge in [0.15, 0.2) is 15.6 Å². The first kappa shape index (κ1) is 19.6. The summed E-state index contributed by atoms with van der Waals surface area (Å²) in [6.45, 7) is 8.56. The third-order valence-electron chi connectivity index (χ3n) is 6.44. The number of hydrogen-bond acceptors (Lipinski definition) is 5. The topological polar surface area (TPSA) is 90.6 Å². The molecule has 154 valence electrons. The fourth-order valence-electron chi connectivity index (χ4n) is 4.96. The van der Waals surface area contributed by atoms with Crippen molar-refractivity contribution in [3.05, 3.63) is 22.5 Å². The van der Waals surface area contributed by atoms with Crippen molar-refractivity contribution in [2.24, 2.45) is 5.41 Å². The molecule has 0 aromatic carbocycles. The van der Waals surface area contributed by atoms with Gasteiger partial charge in [0.1, 0.15) is 5.69 Å². The first-order valence-corrected chi connectivity index (χ1v) is 11.9. The Balaban J connectivity index is 1.46. The standard InChI is InChI=1S/C20H29N3O4S/c1-13-17-15(10-20(2,3)11-16(17)24)21-18(13)19(25)23-7-5-22(6-8-23)14-4-9-28(26,27)12-14/h14,21H,4-12H2,1-3H3/t14-/m1/s1. The minimum atomic E-state index is -2.90. The molecule has 7 nitrogen and oxygen atoms in total. The van der Waals surface area contributed by atoms with Gasteiger partial charge in [-0.15, -0.1) is 0 Å². The number of sulfone groups is 1. The van der Waals surface area contributed by atoms with Gasteiger partial charge >= 0.3 is 0 Å². The van der Waals surface area contributed by atoms with Gasteiger partial charge in [-0.2, -0.15) is 0 Å². The van der Waals surface area contributed by atoms with E-state index in [-0.39, 0.29) is 34.7 Å². The Kier molecular flexibility index (Phi) is 4.69. The number of hydrogen-bond donors (Lipinski definition) is 1. The van der Waals surface area contributed by atoms with Crippen molar-refractivity contribution < 1.29 is 18.0 Å². The molecule has 3 heterocycles. The van der Waals surface area contributed by atoms with Crippen molar-refractivity contribution in [3.8, 4) is 0 Å². The third-order valence-corrected chi connectivity index (χ3v) is 8.19. The number of H-pyrrole nitrogens is 1. The monoisotopic (exact) mass is 407 g/mol. The van der Waals surface area contributed by atoms with Crippen molar-refractivity contribution in [2.75, 3.05) is 37.7 Å². The highest BCUT2D eigenvalue weighted by atomic mass is 32.2. The predicted molar refractivity (Wildman–Crippen MR) is 106 cm³/mol. The van der Waals surface area contributed by atoms with Gasteiger partial charge in [-0.3, -0.25) is 14.5 Å². The Labute approximate surface area is 166 Å². The van der Waals surface area contributed by atoms with E-state index in [0.717, 1.165) is 17.7 Å². The van der Waals surface area contributed by atoms with Crippen LogP contribution in [0.15, 0.2) is 0 Å². The summed E-state index contributed by atoms with van der Waals surface area (Å²) in [5.74, 6) is 0.568. The van der Waals surface area contributed by atoms with Crippen LogP contribution in [0.1, 0.15) is 58.8 Å². The number of aromatic amines is 1. The molecule has 0 bridgehead atoms. The van der Waals surface area contributed by atoms with Crippen LogP contribution in [0.25, 0.3) is 0 Å². The molecular formula is C20H29N3O4S. The highest BCUT2D eigenvalue weighted by molar-refractivity contribution is 7.91. The lowest BCUT2D eigenvalue weighted by molar-refractivity contribution is 0.0582. The highest BCUT2D eigenvalue weighted by Gasteiger charge is 2.37. The number of amides is 1. The van der Waals surface area contributed by atoms with Crippen LogP contribution in [0.4, 0.5) is 0 Å². The summed E-state index contributed by atoms with van der Waals surface area (Å²) in [6, 6.07) is 0.0849. The minimum absolute atomic E-state index is 0.0591. The van der Waals surface area contributed by atoms with Gasteiger partial charge in [-0.1, -0.05) is 13.8 Å². The van der Waals surface area contributed by atoms with E-state index in [1.165, 1.54) is 0 Å². The molecule has 3 aliphatic rings. The predicted octanol–water partition coefficient (Wildman–Crippen LogP) is 1.42. The first-order chi connectivity index (χ1) is 13.1. The van der Waals surface area contributed by atoms with Crippen LogP contribution >= 0.6 is 0 Å². The fourth-order valence-corrected chi connectivity index (χ4v) is 6.72. The molecule has 4 rings (SSSR count). The number of ketones is 1. The Hall–Kier alpha value is -1.67. The number of aromatic nitrogens is 1. The third kappa shape index (κ3) is 3.52. The van der Waals surface area contributed by atoms with E-state index in [1.54, 1.807) is 0 Å². The number of Topliss-reactive ketones (excluding diaryl/α,β-unsaturated/α-hetero) is 1. The summed E-state index contributed by atoms with van der Waals surface area (Å²) in [7, 11) is -2.90. The number of nitrogens with zero attached hydrogens (tertiary/aromatic N) is 2. The summed E-state index contributed by atoms with van der Waals surface area (Å²) in [4.78, 5) is 33.0. The zero-order valence-electron chi connectivity index (χ0n) is 16.9. The largest absolute Gasteiger partial charge is 0.354 e. The second-order valence-electron chi connectivity index (χ2n) is 9.30. The van der Waals surface area contributed by atoms with Crippen molar-refractivity contribution in [2.45, 2.75) is 46.1 Å². The molecule has 0 spiro atoms. The first-order valence-electron chi connectivity index (χ1n) is 10.0. The normalized spacial score (nSPS) is 27.0. The van der Waals surface area contributed by atoms with E-state index in [9.17, 15) is 18.0 Å². The number of rotatable bonds is 2. The maximum Gasteiger partial charge on any atom is 0.270 e. The smallest absolute Gasteiger partial charge is 0.270 e. The SMILES string of the molecule is Cc1c(C(=O)N2CCN([C@@H]3CCS(=O)(=O)C3)CC2)[nH]c2c1C(=O)CC(C)(C)C2. The van der Waals surface area contributed by atoms with Crippen molar-refractivity contribution in [3.63, 3.8) is 0 Å². The van der Waals surface area contributed by atoms with E-state index in [2.05, 4.69) is 23.7 Å². The van der Waals surface area contributed by atoms with Crippen LogP contribution in [0.5, 0.6) is 0 Å². The average molecular weight is 408 g/mol. The van der Waals surface area contributed by atoms with E-state index >= 15 is 0 Å². The molecule has 1 atom stereocenters. The van der Waals surface area contributed by atoms with Gasteiger partial charge in [0, 0.05) is 49.9 Å². The second kappa shape index (κ2) is 6.69. The lowest BCUT2D eigenvalue weighted by Crippen LogP contribution is -2.52. The molecule has 28 heavy (non-hydrogen) atoms. The summed E-state index contributed by atoms with van der Waals surface area (Å²) < 4.78 is 23.4. The van der Waals surface area contributed by atoms with Crippen molar-refractivity contribution in [1.82, 2.24) is 14.8 Å². The Bertz CT molecular complexity index is 923. The number of nitrogens with one attached hydrogen (secondary N) is 1. The van der Waals surface area contributed by atoms with Gasteiger partial charge in [0.25, 0.3) is 5.91 Å². The van der Waals surface area contributed by atoms with E-state index in [4.69, 9.17) is 0 Å².